The average Bonchev–Trinajstić information content (AvgIpc) is 2.82. The van der Waals surface area contributed by atoms with E-state index in [4.69, 9.17) is 4.74 Å². The second-order valence-electron chi connectivity index (χ2n) is 5.14. The largest absolute Gasteiger partial charge is 0.487 e. The number of hydrogen-bond acceptors (Lipinski definition) is 4. The first-order valence-corrected chi connectivity index (χ1v) is 7.59. The van der Waals surface area contributed by atoms with E-state index >= 15 is 0 Å². The Balaban J connectivity index is 1.88. The molecule has 1 aromatic carbocycles. The van der Waals surface area contributed by atoms with Crippen molar-refractivity contribution in [2.75, 3.05) is 0 Å². The Morgan fingerprint density at radius 3 is 2.86 bits per heavy atom. The summed E-state index contributed by atoms with van der Waals surface area (Å²) in [5.41, 5.74) is 3.73. The van der Waals surface area contributed by atoms with Crippen molar-refractivity contribution in [1.82, 2.24) is 9.38 Å². The molecule has 0 saturated carbocycles. The van der Waals surface area contributed by atoms with Gasteiger partial charge in [-0.1, -0.05) is 12.1 Å². The maximum atomic E-state index is 12.1. The molecule has 0 amide bonds. The minimum absolute atomic E-state index is 0.0571. The molecule has 2 heterocycles. The molecule has 0 atom stereocenters. The van der Waals surface area contributed by atoms with Gasteiger partial charge in [-0.15, -0.1) is 11.3 Å². The molecule has 2 aromatic heterocycles. The second kappa shape index (κ2) is 5.33. The fourth-order valence-corrected chi connectivity index (χ4v) is 3.08. The monoisotopic (exact) mass is 300 g/mol. The number of ether oxygens (including phenoxy) is 1. The van der Waals surface area contributed by atoms with E-state index in [0.29, 0.717) is 17.3 Å². The summed E-state index contributed by atoms with van der Waals surface area (Å²) >= 11 is 1.47. The van der Waals surface area contributed by atoms with E-state index in [0.717, 1.165) is 22.6 Å². The molecule has 5 heteroatoms. The van der Waals surface area contributed by atoms with Gasteiger partial charge in [-0.25, -0.2) is 4.98 Å². The Labute approximate surface area is 126 Å². The molecule has 3 rings (SSSR count). The van der Waals surface area contributed by atoms with Crippen LogP contribution < -0.4 is 10.3 Å². The Kier molecular flexibility index (Phi) is 3.51. The molecule has 108 valence electrons. The van der Waals surface area contributed by atoms with Crippen LogP contribution in [0.5, 0.6) is 5.75 Å². The number of nitrogens with zero attached hydrogens (tertiary/aromatic N) is 2. The Morgan fingerprint density at radius 2 is 2.05 bits per heavy atom. The lowest BCUT2D eigenvalue weighted by atomic mass is 10.1. The van der Waals surface area contributed by atoms with Crippen LogP contribution in [0.2, 0.25) is 0 Å². The van der Waals surface area contributed by atoms with Crippen LogP contribution in [0.4, 0.5) is 0 Å². The molecule has 0 bridgehead atoms. The smallest absolute Gasteiger partial charge is 0.259 e. The van der Waals surface area contributed by atoms with Crippen molar-refractivity contribution in [1.29, 1.82) is 0 Å². The van der Waals surface area contributed by atoms with E-state index in [1.165, 1.54) is 17.4 Å². The minimum atomic E-state index is -0.0571. The van der Waals surface area contributed by atoms with Gasteiger partial charge in [0, 0.05) is 17.1 Å². The lowest BCUT2D eigenvalue weighted by Crippen LogP contribution is -2.16. The molecule has 0 aliphatic rings. The molecule has 0 saturated heterocycles. The highest BCUT2D eigenvalue weighted by Gasteiger charge is 2.07. The molecule has 0 unspecified atom stereocenters. The van der Waals surface area contributed by atoms with Crippen molar-refractivity contribution >= 4 is 16.3 Å². The topological polar surface area (TPSA) is 43.6 Å². The van der Waals surface area contributed by atoms with Crippen molar-refractivity contribution in [2.24, 2.45) is 0 Å². The standard InChI is InChI=1S/C16H16N2O2S/c1-10-4-5-11(2)14(6-10)20-8-13-7-15(19)18-12(3)9-21-16(18)17-13/h4-7,9H,8H2,1-3H3. The number of aromatic nitrogens is 2. The van der Waals surface area contributed by atoms with Gasteiger partial charge in [-0.3, -0.25) is 9.20 Å². The summed E-state index contributed by atoms with van der Waals surface area (Å²) in [6.07, 6.45) is 0. The normalized spacial score (nSPS) is 11.0. The average molecular weight is 300 g/mol. The summed E-state index contributed by atoms with van der Waals surface area (Å²) in [4.78, 5) is 17.3. The number of thiazole rings is 1. The third-order valence-corrected chi connectivity index (χ3v) is 4.29. The number of aryl methyl sites for hydroxylation is 3. The van der Waals surface area contributed by atoms with E-state index in [1.807, 2.05) is 44.4 Å². The third-order valence-electron chi connectivity index (χ3n) is 3.35. The molecule has 4 nitrogen and oxygen atoms in total. The summed E-state index contributed by atoms with van der Waals surface area (Å²) in [5, 5.41) is 1.93. The van der Waals surface area contributed by atoms with Crippen molar-refractivity contribution in [3.63, 3.8) is 0 Å². The summed E-state index contributed by atoms with van der Waals surface area (Å²) in [5.74, 6) is 0.833. The Morgan fingerprint density at radius 1 is 1.24 bits per heavy atom. The van der Waals surface area contributed by atoms with E-state index < -0.39 is 0 Å². The number of benzene rings is 1. The van der Waals surface area contributed by atoms with Crippen LogP contribution in [0.15, 0.2) is 34.4 Å². The molecule has 0 spiro atoms. The summed E-state index contributed by atoms with van der Waals surface area (Å²) in [6.45, 7) is 6.23. The predicted molar refractivity (Wildman–Crippen MR) is 84.3 cm³/mol. The zero-order valence-corrected chi connectivity index (χ0v) is 13.0. The Bertz CT molecular complexity index is 864. The summed E-state index contributed by atoms with van der Waals surface area (Å²) in [7, 11) is 0. The molecule has 0 fully saturated rings. The van der Waals surface area contributed by atoms with Gasteiger partial charge >= 0.3 is 0 Å². The minimum Gasteiger partial charge on any atom is -0.487 e. The van der Waals surface area contributed by atoms with E-state index in [9.17, 15) is 4.79 Å². The highest BCUT2D eigenvalue weighted by atomic mass is 32.1. The lowest BCUT2D eigenvalue weighted by molar-refractivity contribution is 0.299. The van der Waals surface area contributed by atoms with Gasteiger partial charge in [0.1, 0.15) is 12.4 Å². The van der Waals surface area contributed by atoms with Crippen LogP contribution in [0, 0.1) is 20.8 Å². The molecule has 21 heavy (non-hydrogen) atoms. The fraction of sp³-hybridized carbons (Fsp3) is 0.250. The van der Waals surface area contributed by atoms with Crippen LogP contribution in [0.3, 0.4) is 0 Å². The van der Waals surface area contributed by atoms with Gasteiger partial charge in [0.2, 0.25) is 0 Å². The summed E-state index contributed by atoms with van der Waals surface area (Å²) in [6, 6.07) is 7.61. The lowest BCUT2D eigenvalue weighted by Gasteiger charge is -2.09. The second-order valence-corrected chi connectivity index (χ2v) is 5.97. The van der Waals surface area contributed by atoms with Crippen molar-refractivity contribution in [3.05, 3.63) is 62.5 Å². The molecule has 0 radical (unpaired) electrons. The van der Waals surface area contributed by atoms with Crippen LogP contribution in [0.1, 0.15) is 22.5 Å². The van der Waals surface area contributed by atoms with Crippen LogP contribution in [-0.2, 0) is 6.61 Å². The molecule has 0 aliphatic heterocycles. The first kappa shape index (κ1) is 13.8. The zero-order valence-electron chi connectivity index (χ0n) is 12.2. The molecule has 3 aromatic rings. The Hall–Kier alpha value is -2.14. The quantitative estimate of drug-likeness (QED) is 0.745. The van der Waals surface area contributed by atoms with Gasteiger partial charge in [0.15, 0.2) is 4.96 Å². The number of fused-ring (bicyclic) bond motifs is 1. The van der Waals surface area contributed by atoms with Crippen LogP contribution in [0.25, 0.3) is 4.96 Å². The van der Waals surface area contributed by atoms with Crippen molar-refractivity contribution < 1.29 is 4.74 Å². The van der Waals surface area contributed by atoms with Gasteiger partial charge in [-0.2, -0.15) is 0 Å². The van der Waals surface area contributed by atoms with Crippen LogP contribution in [-0.4, -0.2) is 9.38 Å². The first-order chi connectivity index (χ1) is 10.0. The third kappa shape index (κ3) is 2.69. The van der Waals surface area contributed by atoms with Gasteiger partial charge in [0.25, 0.3) is 5.56 Å². The molecule has 0 N–H and O–H groups in total. The predicted octanol–water partition coefficient (Wildman–Crippen LogP) is 3.26. The van der Waals surface area contributed by atoms with E-state index in [1.54, 1.807) is 4.40 Å². The summed E-state index contributed by atoms with van der Waals surface area (Å²) < 4.78 is 7.43. The fourth-order valence-electron chi connectivity index (χ4n) is 2.19. The van der Waals surface area contributed by atoms with Crippen molar-refractivity contribution in [3.8, 4) is 5.75 Å². The van der Waals surface area contributed by atoms with Crippen molar-refractivity contribution in [2.45, 2.75) is 27.4 Å². The van der Waals surface area contributed by atoms with Gasteiger partial charge in [0.05, 0.1) is 5.69 Å². The first-order valence-electron chi connectivity index (χ1n) is 6.71. The highest BCUT2D eigenvalue weighted by Crippen LogP contribution is 2.20. The van der Waals surface area contributed by atoms with E-state index in [-0.39, 0.29) is 5.56 Å². The molecular formula is C16H16N2O2S. The highest BCUT2D eigenvalue weighted by molar-refractivity contribution is 7.15. The molecule has 0 aliphatic carbocycles. The van der Waals surface area contributed by atoms with Crippen LogP contribution >= 0.6 is 11.3 Å². The number of hydrogen-bond donors (Lipinski definition) is 0. The molecular weight excluding hydrogens is 284 g/mol. The zero-order chi connectivity index (χ0) is 15.0. The SMILES string of the molecule is Cc1ccc(C)c(OCc2cc(=O)n3c(C)csc3n2)c1. The maximum absolute atomic E-state index is 12.1. The van der Waals surface area contributed by atoms with Gasteiger partial charge < -0.3 is 4.74 Å². The van der Waals surface area contributed by atoms with E-state index in [2.05, 4.69) is 4.98 Å². The maximum Gasteiger partial charge on any atom is 0.259 e. The van der Waals surface area contributed by atoms with Gasteiger partial charge in [-0.05, 0) is 38.0 Å². The number of rotatable bonds is 3.